The first-order chi connectivity index (χ1) is 8.63. The lowest BCUT2D eigenvalue weighted by molar-refractivity contribution is 0.518. The molecule has 0 aliphatic heterocycles. The minimum atomic E-state index is -0.361. The van der Waals surface area contributed by atoms with Gasteiger partial charge in [-0.1, -0.05) is 0 Å². The molecule has 3 aromatic rings. The molecule has 0 saturated heterocycles. The minimum absolute atomic E-state index is 0.361. The van der Waals surface area contributed by atoms with Crippen molar-refractivity contribution in [1.82, 2.24) is 4.57 Å². The molecule has 0 aliphatic rings. The van der Waals surface area contributed by atoms with Gasteiger partial charge in [-0.05, 0) is 40.2 Å². The average Bonchev–Trinajstić information content (AvgIpc) is 2.86. The van der Waals surface area contributed by atoms with E-state index in [0.717, 1.165) is 14.9 Å². The van der Waals surface area contributed by atoms with E-state index in [4.69, 9.17) is 10.2 Å². The van der Waals surface area contributed by atoms with Crippen molar-refractivity contribution >= 4 is 44.1 Å². The highest BCUT2D eigenvalue weighted by Crippen LogP contribution is 2.22. The Morgan fingerprint density at radius 1 is 1.39 bits per heavy atom. The molecule has 2 heterocycles. The second-order valence-corrected chi connectivity index (χ2v) is 5.82. The van der Waals surface area contributed by atoms with Crippen LogP contribution in [0, 0.1) is 0 Å². The molecule has 92 valence electrons. The number of nitrogen functional groups attached to an aromatic ring is 1. The summed E-state index contributed by atoms with van der Waals surface area (Å²) in [5, 5.41) is 1.98. The largest absolute Gasteiger partial charge is 0.420 e. The van der Waals surface area contributed by atoms with Crippen molar-refractivity contribution in [1.29, 1.82) is 0 Å². The highest BCUT2D eigenvalue weighted by molar-refractivity contribution is 9.10. The van der Waals surface area contributed by atoms with E-state index in [1.807, 2.05) is 11.4 Å². The van der Waals surface area contributed by atoms with Crippen LogP contribution >= 0.6 is 27.3 Å². The predicted octanol–water partition coefficient (Wildman–Crippen LogP) is 3.05. The zero-order chi connectivity index (χ0) is 12.7. The van der Waals surface area contributed by atoms with Crippen molar-refractivity contribution in [2.75, 3.05) is 5.73 Å². The van der Waals surface area contributed by atoms with E-state index in [2.05, 4.69) is 15.9 Å². The molecule has 3 rings (SSSR count). The van der Waals surface area contributed by atoms with Gasteiger partial charge in [-0.2, -0.15) is 0 Å². The lowest BCUT2D eigenvalue weighted by atomic mass is 10.3. The van der Waals surface area contributed by atoms with E-state index < -0.39 is 0 Å². The fourth-order valence-electron chi connectivity index (χ4n) is 1.82. The Balaban J connectivity index is 2.13. The van der Waals surface area contributed by atoms with Gasteiger partial charge in [-0.3, -0.25) is 4.57 Å². The standard InChI is InChI=1S/C12H9BrN2O2S/c13-7-3-9(18-6-7)5-15-10-4-8(14)1-2-11(10)17-12(15)16/h1-4,6H,5,14H2. The minimum Gasteiger partial charge on any atom is -0.408 e. The van der Waals surface area contributed by atoms with Crippen LogP contribution in [0.25, 0.3) is 11.1 Å². The van der Waals surface area contributed by atoms with E-state index >= 15 is 0 Å². The molecule has 2 N–H and O–H groups in total. The molecule has 4 nitrogen and oxygen atoms in total. The Labute approximate surface area is 115 Å². The van der Waals surface area contributed by atoms with Crippen LogP contribution in [0.15, 0.2) is 43.3 Å². The Bertz CT molecular complexity index is 772. The van der Waals surface area contributed by atoms with Crippen LogP contribution in [0.2, 0.25) is 0 Å². The summed E-state index contributed by atoms with van der Waals surface area (Å²) in [5.74, 6) is -0.361. The summed E-state index contributed by atoms with van der Waals surface area (Å²) in [6, 6.07) is 7.18. The van der Waals surface area contributed by atoms with Crippen LogP contribution in [0.4, 0.5) is 5.69 Å². The van der Waals surface area contributed by atoms with Crippen molar-refractivity contribution in [3.05, 3.63) is 49.5 Å². The summed E-state index contributed by atoms with van der Waals surface area (Å²) in [7, 11) is 0. The van der Waals surface area contributed by atoms with Gasteiger partial charge in [0.05, 0.1) is 12.1 Å². The lowest BCUT2D eigenvalue weighted by Gasteiger charge is -2.00. The molecule has 0 saturated carbocycles. The third-order valence-corrected chi connectivity index (χ3v) is 4.31. The van der Waals surface area contributed by atoms with Crippen LogP contribution in [0.1, 0.15) is 4.88 Å². The third-order valence-electron chi connectivity index (χ3n) is 2.63. The van der Waals surface area contributed by atoms with Crippen LogP contribution in [-0.2, 0) is 6.54 Å². The Hall–Kier alpha value is -1.53. The summed E-state index contributed by atoms with van der Waals surface area (Å²) in [6.07, 6.45) is 0. The first-order valence-corrected chi connectivity index (χ1v) is 6.92. The van der Waals surface area contributed by atoms with Gasteiger partial charge < -0.3 is 10.2 Å². The number of nitrogens with zero attached hydrogens (tertiary/aromatic N) is 1. The summed E-state index contributed by atoms with van der Waals surface area (Å²) >= 11 is 4.99. The highest BCUT2D eigenvalue weighted by atomic mass is 79.9. The van der Waals surface area contributed by atoms with Crippen molar-refractivity contribution in [2.45, 2.75) is 6.54 Å². The molecule has 18 heavy (non-hydrogen) atoms. The summed E-state index contributed by atoms with van der Waals surface area (Å²) in [6.45, 7) is 0.492. The van der Waals surface area contributed by atoms with E-state index in [1.165, 1.54) is 0 Å². The van der Waals surface area contributed by atoms with Crippen molar-refractivity contribution in [3.8, 4) is 0 Å². The molecule has 6 heteroatoms. The molecular formula is C12H9BrN2O2S. The van der Waals surface area contributed by atoms with Crippen molar-refractivity contribution in [2.24, 2.45) is 0 Å². The summed E-state index contributed by atoms with van der Waals surface area (Å²) in [4.78, 5) is 12.9. The van der Waals surface area contributed by atoms with Gasteiger partial charge in [0.15, 0.2) is 5.58 Å². The third kappa shape index (κ3) is 1.97. The van der Waals surface area contributed by atoms with Gasteiger partial charge in [-0.25, -0.2) is 4.79 Å². The lowest BCUT2D eigenvalue weighted by Crippen LogP contribution is -2.14. The summed E-state index contributed by atoms with van der Waals surface area (Å²) < 4.78 is 7.78. The Morgan fingerprint density at radius 2 is 2.22 bits per heavy atom. The van der Waals surface area contributed by atoms with Gasteiger partial charge in [0.25, 0.3) is 0 Å². The van der Waals surface area contributed by atoms with Crippen LogP contribution < -0.4 is 11.5 Å². The van der Waals surface area contributed by atoms with Crippen LogP contribution in [-0.4, -0.2) is 4.57 Å². The SMILES string of the molecule is Nc1ccc2oc(=O)n(Cc3cc(Br)cs3)c2c1. The zero-order valence-corrected chi connectivity index (χ0v) is 11.6. The number of hydrogen-bond donors (Lipinski definition) is 1. The number of halogens is 1. The van der Waals surface area contributed by atoms with Gasteiger partial charge in [-0.15, -0.1) is 11.3 Å². The normalized spacial score (nSPS) is 11.2. The van der Waals surface area contributed by atoms with E-state index in [0.29, 0.717) is 17.8 Å². The topological polar surface area (TPSA) is 61.2 Å². The smallest absolute Gasteiger partial charge is 0.408 e. The average molecular weight is 325 g/mol. The molecular weight excluding hydrogens is 316 g/mol. The monoisotopic (exact) mass is 324 g/mol. The number of rotatable bonds is 2. The number of aromatic nitrogens is 1. The second-order valence-electron chi connectivity index (χ2n) is 3.91. The molecule has 0 radical (unpaired) electrons. The second kappa shape index (κ2) is 4.29. The zero-order valence-electron chi connectivity index (χ0n) is 9.22. The Kier molecular flexibility index (Phi) is 2.76. The summed E-state index contributed by atoms with van der Waals surface area (Å²) in [5.41, 5.74) is 7.64. The van der Waals surface area contributed by atoms with Crippen molar-refractivity contribution < 1.29 is 4.42 Å². The number of nitrogens with two attached hydrogens (primary N) is 1. The first-order valence-electron chi connectivity index (χ1n) is 5.25. The van der Waals surface area contributed by atoms with Gasteiger partial charge in [0.2, 0.25) is 0 Å². The number of fused-ring (bicyclic) bond motifs is 1. The maximum absolute atomic E-state index is 11.8. The molecule has 0 spiro atoms. The van der Waals surface area contributed by atoms with Gasteiger partial charge >= 0.3 is 5.76 Å². The van der Waals surface area contributed by atoms with Gasteiger partial charge in [0.1, 0.15) is 0 Å². The fraction of sp³-hybridized carbons (Fsp3) is 0.0833. The van der Waals surface area contributed by atoms with Gasteiger partial charge in [0, 0.05) is 20.4 Å². The maximum atomic E-state index is 11.8. The predicted molar refractivity (Wildman–Crippen MR) is 76.0 cm³/mol. The fourth-order valence-corrected chi connectivity index (χ4v) is 3.26. The molecule has 0 aliphatic carbocycles. The van der Waals surface area contributed by atoms with Crippen molar-refractivity contribution in [3.63, 3.8) is 0 Å². The highest BCUT2D eigenvalue weighted by Gasteiger charge is 2.10. The molecule has 2 aromatic heterocycles. The Morgan fingerprint density at radius 3 is 2.94 bits per heavy atom. The molecule has 0 fully saturated rings. The molecule has 1 aromatic carbocycles. The first kappa shape index (κ1) is 11.6. The maximum Gasteiger partial charge on any atom is 0.420 e. The van der Waals surface area contributed by atoms with E-state index in [9.17, 15) is 4.79 Å². The van der Waals surface area contributed by atoms with E-state index in [-0.39, 0.29) is 5.76 Å². The molecule has 0 amide bonds. The van der Waals surface area contributed by atoms with Crippen LogP contribution in [0.5, 0.6) is 0 Å². The number of thiophene rings is 1. The number of anilines is 1. The molecule has 0 unspecified atom stereocenters. The quantitative estimate of drug-likeness (QED) is 0.737. The van der Waals surface area contributed by atoms with Crippen LogP contribution in [0.3, 0.4) is 0 Å². The van der Waals surface area contributed by atoms with E-state index in [1.54, 1.807) is 34.1 Å². The number of oxazole rings is 1. The number of benzene rings is 1. The molecule has 0 atom stereocenters. The molecule has 0 bridgehead atoms. The number of hydrogen-bond acceptors (Lipinski definition) is 4.